The standard InChI is InChI=1S/C29H33N7O2/c1-34-17-23(18-34)19-38-27-13-24-25(14-26(27)37-2)32-20-33-28(24)35-8-10-36(11-9-35)29-30-15-22(16-31-29)12-21-6-4-3-5-7-21/h3-7,13-16,20,23H,8-12,17-19H2,1-2H3. The van der Waals surface area contributed by atoms with Crippen molar-refractivity contribution >= 4 is 22.7 Å². The molecule has 2 aromatic carbocycles. The van der Waals surface area contributed by atoms with E-state index >= 15 is 0 Å². The van der Waals surface area contributed by atoms with Gasteiger partial charge >= 0.3 is 0 Å². The van der Waals surface area contributed by atoms with Crippen molar-refractivity contribution in [1.82, 2.24) is 24.8 Å². The molecule has 0 saturated carbocycles. The zero-order valence-corrected chi connectivity index (χ0v) is 22.0. The van der Waals surface area contributed by atoms with E-state index in [9.17, 15) is 0 Å². The van der Waals surface area contributed by atoms with Crippen LogP contribution in [0.2, 0.25) is 0 Å². The Labute approximate surface area is 223 Å². The Hall–Kier alpha value is -3.98. The van der Waals surface area contributed by atoms with Crippen LogP contribution in [0.4, 0.5) is 11.8 Å². The molecule has 0 aliphatic carbocycles. The minimum atomic E-state index is 0.551. The molecule has 0 amide bonds. The third-order valence-corrected chi connectivity index (χ3v) is 7.32. The van der Waals surface area contributed by atoms with Gasteiger partial charge in [0.2, 0.25) is 5.95 Å². The summed E-state index contributed by atoms with van der Waals surface area (Å²) in [4.78, 5) is 25.3. The molecule has 0 atom stereocenters. The van der Waals surface area contributed by atoms with Crippen LogP contribution < -0.4 is 19.3 Å². The highest BCUT2D eigenvalue weighted by Gasteiger charge is 2.25. The highest BCUT2D eigenvalue weighted by Crippen LogP contribution is 2.36. The average molecular weight is 512 g/mol. The molecule has 0 N–H and O–H groups in total. The largest absolute Gasteiger partial charge is 0.493 e. The van der Waals surface area contributed by atoms with Crippen molar-refractivity contribution < 1.29 is 9.47 Å². The number of piperazine rings is 1. The van der Waals surface area contributed by atoms with Crippen molar-refractivity contribution in [2.75, 3.05) is 69.8 Å². The third kappa shape index (κ3) is 5.19. The van der Waals surface area contributed by atoms with E-state index in [0.29, 0.717) is 18.3 Å². The van der Waals surface area contributed by atoms with Crippen molar-refractivity contribution in [3.8, 4) is 11.5 Å². The molecule has 0 bridgehead atoms. The van der Waals surface area contributed by atoms with Gasteiger partial charge in [0, 0.05) is 75.5 Å². The molecule has 2 aliphatic heterocycles. The van der Waals surface area contributed by atoms with E-state index in [-0.39, 0.29) is 0 Å². The Kier molecular flexibility index (Phi) is 6.92. The van der Waals surface area contributed by atoms with Crippen LogP contribution in [0.25, 0.3) is 10.9 Å². The van der Waals surface area contributed by atoms with Crippen LogP contribution in [0.15, 0.2) is 61.2 Å². The zero-order valence-electron chi connectivity index (χ0n) is 22.0. The van der Waals surface area contributed by atoms with E-state index in [1.807, 2.05) is 30.6 Å². The fourth-order valence-electron chi connectivity index (χ4n) is 5.27. The van der Waals surface area contributed by atoms with E-state index in [1.54, 1.807) is 13.4 Å². The summed E-state index contributed by atoms with van der Waals surface area (Å²) >= 11 is 0. The molecule has 9 nitrogen and oxygen atoms in total. The number of methoxy groups -OCH3 is 1. The van der Waals surface area contributed by atoms with Crippen LogP contribution in [-0.4, -0.2) is 84.9 Å². The van der Waals surface area contributed by atoms with Gasteiger partial charge in [-0.15, -0.1) is 0 Å². The molecular formula is C29H33N7O2. The molecule has 0 radical (unpaired) electrons. The van der Waals surface area contributed by atoms with Crippen LogP contribution in [0, 0.1) is 5.92 Å². The van der Waals surface area contributed by atoms with E-state index in [2.05, 4.69) is 65.9 Å². The predicted molar refractivity (Wildman–Crippen MR) is 148 cm³/mol. The Morgan fingerprint density at radius 1 is 0.842 bits per heavy atom. The van der Waals surface area contributed by atoms with E-state index in [1.165, 1.54) is 5.56 Å². The second-order valence-electron chi connectivity index (χ2n) is 10.1. The van der Waals surface area contributed by atoms with Crippen molar-refractivity contribution in [1.29, 1.82) is 0 Å². The topological polar surface area (TPSA) is 79.7 Å². The molecule has 2 saturated heterocycles. The van der Waals surface area contributed by atoms with Crippen molar-refractivity contribution in [3.05, 3.63) is 72.3 Å². The van der Waals surface area contributed by atoms with Gasteiger partial charge in [0.25, 0.3) is 0 Å². The molecule has 9 heteroatoms. The maximum absolute atomic E-state index is 6.20. The summed E-state index contributed by atoms with van der Waals surface area (Å²) in [6.07, 6.45) is 6.35. The van der Waals surface area contributed by atoms with E-state index in [0.717, 1.165) is 79.7 Å². The fourth-order valence-corrected chi connectivity index (χ4v) is 5.27. The molecule has 2 fully saturated rings. The quantitative estimate of drug-likeness (QED) is 0.354. The first-order valence-corrected chi connectivity index (χ1v) is 13.1. The second kappa shape index (κ2) is 10.8. The van der Waals surface area contributed by atoms with Crippen LogP contribution in [0.1, 0.15) is 11.1 Å². The summed E-state index contributed by atoms with van der Waals surface area (Å²) < 4.78 is 11.8. The summed E-state index contributed by atoms with van der Waals surface area (Å²) in [7, 11) is 3.80. The molecule has 0 unspecified atom stereocenters. The SMILES string of the molecule is COc1cc2ncnc(N3CCN(c4ncc(Cc5ccccc5)cn4)CC3)c2cc1OCC1CN(C)C1. The minimum absolute atomic E-state index is 0.551. The van der Waals surface area contributed by atoms with Gasteiger partial charge in [-0.25, -0.2) is 19.9 Å². The van der Waals surface area contributed by atoms with Gasteiger partial charge in [-0.1, -0.05) is 30.3 Å². The first-order chi connectivity index (χ1) is 18.7. The normalized spacial score (nSPS) is 16.5. The molecule has 2 aromatic heterocycles. The average Bonchev–Trinajstić information content (AvgIpc) is 2.95. The molecule has 4 aromatic rings. The molecule has 2 aliphatic rings. The lowest BCUT2D eigenvalue weighted by Gasteiger charge is -2.36. The Balaban J connectivity index is 1.14. The number of nitrogens with zero attached hydrogens (tertiary/aromatic N) is 7. The number of fused-ring (bicyclic) bond motifs is 1. The highest BCUT2D eigenvalue weighted by molar-refractivity contribution is 5.92. The Bertz CT molecular complexity index is 1370. The van der Waals surface area contributed by atoms with E-state index < -0.39 is 0 Å². The number of anilines is 2. The van der Waals surface area contributed by atoms with Crippen LogP contribution >= 0.6 is 0 Å². The summed E-state index contributed by atoms with van der Waals surface area (Å²) in [5, 5.41) is 0.976. The van der Waals surface area contributed by atoms with Gasteiger partial charge in [-0.05, 0) is 24.2 Å². The van der Waals surface area contributed by atoms with Gasteiger partial charge in [-0.3, -0.25) is 0 Å². The number of benzene rings is 2. The van der Waals surface area contributed by atoms with E-state index in [4.69, 9.17) is 9.47 Å². The smallest absolute Gasteiger partial charge is 0.225 e. The maximum atomic E-state index is 6.20. The fraction of sp³-hybridized carbons (Fsp3) is 0.379. The number of hydrogen-bond donors (Lipinski definition) is 0. The lowest BCUT2D eigenvalue weighted by molar-refractivity contribution is 0.0846. The van der Waals surface area contributed by atoms with Crippen molar-refractivity contribution in [2.24, 2.45) is 5.92 Å². The molecule has 6 rings (SSSR count). The molecule has 0 spiro atoms. The van der Waals surface area contributed by atoms with Crippen LogP contribution in [-0.2, 0) is 6.42 Å². The first kappa shape index (κ1) is 24.4. The van der Waals surface area contributed by atoms with Gasteiger partial charge in [0.1, 0.15) is 12.1 Å². The zero-order chi connectivity index (χ0) is 25.9. The third-order valence-electron chi connectivity index (χ3n) is 7.32. The number of aromatic nitrogens is 4. The number of likely N-dealkylation sites (tertiary alicyclic amines) is 1. The van der Waals surface area contributed by atoms with Gasteiger partial charge in [-0.2, -0.15) is 0 Å². The highest BCUT2D eigenvalue weighted by atomic mass is 16.5. The van der Waals surface area contributed by atoms with Gasteiger partial charge in [0.05, 0.1) is 19.2 Å². The summed E-state index contributed by atoms with van der Waals surface area (Å²) in [6, 6.07) is 14.4. The lowest BCUT2D eigenvalue weighted by atomic mass is 10.0. The minimum Gasteiger partial charge on any atom is -0.493 e. The van der Waals surface area contributed by atoms with Crippen LogP contribution in [0.5, 0.6) is 11.5 Å². The Morgan fingerprint density at radius 3 is 2.29 bits per heavy atom. The van der Waals surface area contributed by atoms with Gasteiger partial charge in [0.15, 0.2) is 11.5 Å². The van der Waals surface area contributed by atoms with Crippen LogP contribution in [0.3, 0.4) is 0 Å². The summed E-state index contributed by atoms with van der Waals surface area (Å²) in [6.45, 7) is 6.08. The maximum Gasteiger partial charge on any atom is 0.225 e. The predicted octanol–water partition coefficient (Wildman–Crippen LogP) is 3.29. The molecule has 38 heavy (non-hydrogen) atoms. The number of hydrogen-bond acceptors (Lipinski definition) is 9. The monoisotopic (exact) mass is 511 g/mol. The summed E-state index contributed by atoms with van der Waals surface area (Å²) in [5.41, 5.74) is 3.22. The first-order valence-electron chi connectivity index (χ1n) is 13.1. The second-order valence-corrected chi connectivity index (χ2v) is 10.1. The molecule has 196 valence electrons. The molecular weight excluding hydrogens is 478 g/mol. The van der Waals surface area contributed by atoms with Crippen molar-refractivity contribution in [3.63, 3.8) is 0 Å². The van der Waals surface area contributed by atoms with Gasteiger partial charge < -0.3 is 24.2 Å². The number of rotatable bonds is 8. The molecule has 4 heterocycles. The number of ether oxygens (including phenoxy) is 2. The van der Waals surface area contributed by atoms with Crippen molar-refractivity contribution in [2.45, 2.75) is 6.42 Å². The Morgan fingerprint density at radius 2 is 1.58 bits per heavy atom. The summed E-state index contributed by atoms with van der Waals surface area (Å²) in [5.74, 6) is 3.69. The lowest BCUT2D eigenvalue weighted by Crippen LogP contribution is -2.47.